The summed E-state index contributed by atoms with van der Waals surface area (Å²) in [5.41, 5.74) is 0. The van der Waals surface area contributed by atoms with Gasteiger partial charge in [-0.25, -0.2) is 13.6 Å². The minimum absolute atomic E-state index is 0.00224. The van der Waals surface area contributed by atoms with Crippen molar-refractivity contribution in [3.63, 3.8) is 0 Å². The Labute approximate surface area is 122 Å². The Morgan fingerprint density at radius 2 is 2.30 bits per heavy atom. The monoisotopic (exact) mass is 318 g/mol. The molecule has 112 valence electrons. The fourth-order valence-corrected chi connectivity index (χ4v) is 3.88. The zero-order chi connectivity index (χ0) is 14.8. The minimum atomic E-state index is -3.63. The number of nitrogens with two attached hydrogens (primary N) is 1. The van der Waals surface area contributed by atoms with E-state index in [0.29, 0.717) is 19.6 Å². The Kier molecular flexibility index (Phi) is 4.79. The van der Waals surface area contributed by atoms with Gasteiger partial charge in [0.15, 0.2) is 0 Å². The molecule has 1 amide bonds. The van der Waals surface area contributed by atoms with Crippen LogP contribution in [0.1, 0.15) is 18.2 Å². The maximum atomic E-state index is 11.8. The number of rotatable bonds is 5. The first kappa shape index (κ1) is 15.4. The van der Waals surface area contributed by atoms with Crippen LogP contribution in [0, 0.1) is 5.92 Å². The van der Waals surface area contributed by atoms with Crippen LogP contribution >= 0.6 is 11.3 Å². The Bertz CT molecular complexity index is 582. The highest BCUT2D eigenvalue weighted by atomic mass is 32.2. The average Bonchev–Trinajstić information content (AvgIpc) is 2.97. The van der Waals surface area contributed by atoms with Gasteiger partial charge < -0.3 is 10.1 Å². The van der Waals surface area contributed by atoms with Gasteiger partial charge in [-0.05, 0) is 31.9 Å². The van der Waals surface area contributed by atoms with Crippen molar-refractivity contribution in [1.82, 2.24) is 5.32 Å². The van der Waals surface area contributed by atoms with Gasteiger partial charge in [-0.2, -0.15) is 0 Å². The number of sulfonamides is 1. The van der Waals surface area contributed by atoms with Gasteiger partial charge in [-0.3, -0.25) is 4.79 Å². The van der Waals surface area contributed by atoms with Gasteiger partial charge in [0.2, 0.25) is 15.9 Å². The average molecular weight is 318 g/mol. The molecule has 8 heteroatoms. The Hall–Kier alpha value is -0.960. The summed E-state index contributed by atoms with van der Waals surface area (Å²) < 4.78 is 27.8. The first-order valence-corrected chi connectivity index (χ1v) is 8.73. The first-order chi connectivity index (χ1) is 9.36. The normalized spacial score (nSPS) is 22.9. The first-order valence-electron chi connectivity index (χ1n) is 6.37. The molecule has 0 aromatic carbocycles. The molecule has 1 aromatic rings. The Morgan fingerprint density at radius 3 is 2.85 bits per heavy atom. The molecule has 6 nitrogen and oxygen atoms in total. The van der Waals surface area contributed by atoms with Crippen LogP contribution in [0.15, 0.2) is 16.3 Å². The third-order valence-corrected chi connectivity index (χ3v) is 5.74. The maximum Gasteiger partial charge on any atom is 0.247 e. The van der Waals surface area contributed by atoms with Crippen LogP contribution in [-0.4, -0.2) is 33.6 Å². The molecular weight excluding hydrogens is 300 g/mol. The Morgan fingerprint density at radius 1 is 1.55 bits per heavy atom. The van der Waals surface area contributed by atoms with Gasteiger partial charge >= 0.3 is 0 Å². The lowest BCUT2D eigenvalue weighted by molar-refractivity contribution is -0.124. The lowest BCUT2D eigenvalue weighted by Gasteiger charge is -2.08. The summed E-state index contributed by atoms with van der Waals surface area (Å²) in [6.45, 7) is 2.91. The quantitative estimate of drug-likeness (QED) is 0.825. The number of ether oxygens (including phenoxy) is 1. The molecule has 1 aromatic heterocycles. The van der Waals surface area contributed by atoms with Gasteiger partial charge in [-0.1, -0.05) is 0 Å². The molecule has 1 saturated heterocycles. The van der Waals surface area contributed by atoms with Gasteiger partial charge in [-0.15, -0.1) is 11.3 Å². The molecule has 0 saturated carbocycles. The fourth-order valence-electron chi connectivity index (χ4n) is 2.10. The van der Waals surface area contributed by atoms with Crippen LogP contribution in [0.4, 0.5) is 0 Å². The third kappa shape index (κ3) is 4.02. The molecule has 1 fully saturated rings. The van der Waals surface area contributed by atoms with E-state index in [1.807, 2.05) is 6.92 Å². The number of carbonyl (C=O) groups is 1. The lowest BCUT2D eigenvalue weighted by atomic mass is 10.1. The lowest BCUT2D eigenvalue weighted by Crippen LogP contribution is -2.32. The van der Waals surface area contributed by atoms with E-state index in [-0.39, 0.29) is 22.1 Å². The predicted octanol–water partition coefficient (Wildman–Crippen LogP) is 0.479. The topological polar surface area (TPSA) is 98.5 Å². The standard InChI is InChI=1S/C12H18N2O4S2/c1-8-6-9(7-18-8)12(15)14-5-4-10-2-3-11(19-10)20(13,16)17/h2-3,8-9H,4-7H2,1H3,(H,14,15)(H2,13,16,17). The van der Waals surface area contributed by atoms with E-state index in [1.54, 1.807) is 6.07 Å². The van der Waals surface area contributed by atoms with Crippen LogP contribution in [0.25, 0.3) is 0 Å². The molecule has 20 heavy (non-hydrogen) atoms. The van der Waals surface area contributed by atoms with Crippen molar-refractivity contribution in [1.29, 1.82) is 0 Å². The summed E-state index contributed by atoms with van der Waals surface area (Å²) in [5, 5.41) is 7.89. The van der Waals surface area contributed by atoms with Crippen LogP contribution in [0.3, 0.4) is 0 Å². The van der Waals surface area contributed by atoms with Gasteiger partial charge in [0, 0.05) is 11.4 Å². The summed E-state index contributed by atoms with van der Waals surface area (Å²) in [4.78, 5) is 12.7. The van der Waals surface area contributed by atoms with Crippen molar-refractivity contribution in [2.24, 2.45) is 11.1 Å². The van der Waals surface area contributed by atoms with Crippen molar-refractivity contribution in [3.05, 3.63) is 17.0 Å². The van der Waals surface area contributed by atoms with E-state index >= 15 is 0 Å². The smallest absolute Gasteiger partial charge is 0.247 e. The summed E-state index contributed by atoms with van der Waals surface area (Å²) in [6.07, 6.45) is 1.48. The molecule has 1 aliphatic rings. The van der Waals surface area contributed by atoms with E-state index < -0.39 is 10.0 Å². The van der Waals surface area contributed by atoms with E-state index in [2.05, 4.69) is 5.32 Å². The fraction of sp³-hybridized carbons (Fsp3) is 0.583. The molecule has 0 spiro atoms. The number of thiophene rings is 1. The van der Waals surface area contributed by atoms with Crippen LogP contribution < -0.4 is 10.5 Å². The summed E-state index contributed by atoms with van der Waals surface area (Å²) >= 11 is 1.14. The van der Waals surface area contributed by atoms with Crippen molar-refractivity contribution in [2.75, 3.05) is 13.2 Å². The zero-order valence-corrected chi connectivity index (χ0v) is 12.8. The molecule has 2 rings (SSSR count). The van der Waals surface area contributed by atoms with E-state index in [0.717, 1.165) is 22.6 Å². The molecule has 3 N–H and O–H groups in total. The van der Waals surface area contributed by atoms with Gasteiger partial charge in [0.1, 0.15) is 4.21 Å². The van der Waals surface area contributed by atoms with Crippen LogP contribution in [0.5, 0.6) is 0 Å². The zero-order valence-electron chi connectivity index (χ0n) is 11.2. The van der Waals surface area contributed by atoms with E-state index in [4.69, 9.17) is 9.88 Å². The number of hydrogen-bond donors (Lipinski definition) is 2. The van der Waals surface area contributed by atoms with Crippen LogP contribution in [-0.2, 0) is 26.0 Å². The van der Waals surface area contributed by atoms with Gasteiger partial charge in [0.25, 0.3) is 0 Å². The van der Waals surface area contributed by atoms with Crippen molar-refractivity contribution < 1.29 is 17.9 Å². The van der Waals surface area contributed by atoms with Crippen molar-refractivity contribution in [2.45, 2.75) is 30.1 Å². The highest BCUT2D eigenvalue weighted by Crippen LogP contribution is 2.21. The summed E-state index contributed by atoms with van der Waals surface area (Å²) in [6, 6.07) is 3.21. The summed E-state index contributed by atoms with van der Waals surface area (Å²) in [7, 11) is -3.63. The predicted molar refractivity (Wildman–Crippen MR) is 75.9 cm³/mol. The number of nitrogens with one attached hydrogen (secondary N) is 1. The molecule has 2 atom stereocenters. The highest BCUT2D eigenvalue weighted by molar-refractivity contribution is 7.91. The maximum absolute atomic E-state index is 11.8. The van der Waals surface area contributed by atoms with Crippen molar-refractivity contribution in [3.8, 4) is 0 Å². The molecule has 2 unspecified atom stereocenters. The molecule has 0 bridgehead atoms. The largest absolute Gasteiger partial charge is 0.378 e. The second kappa shape index (κ2) is 6.21. The Balaban J connectivity index is 1.78. The number of amides is 1. The molecular formula is C12H18N2O4S2. The van der Waals surface area contributed by atoms with Crippen molar-refractivity contribution >= 4 is 27.3 Å². The van der Waals surface area contributed by atoms with Gasteiger partial charge in [0.05, 0.1) is 18.6 Å². The number of hydrogen-bond acceptors (Lipinski definition) is 5. The third-order valence-electron chi connectivity index (χ3n) is 3.16. The second-order valence-electron chi connectivity index (χ2n) is 4.88. The summed E-state index contributed by atoms with van der Waals surface area (Å²) in [5.74, 6) is -0.0779. The molecule has 1 aliphatic heterocycles. The second-order valence-corrected chi connectivity index (χ2v) is 7.84. The highest BCUT2D eigenvalue weighted by Gasteiger charge is 2.27. The SMILES string of the molecule is CC1CC(C(=O)NCCc2ccc(S(N)(=O)=O)s2)CO1. The minimum Gasteiger partial charge on any atom is -0.378 e. The van der Waals surface area contributed by atoms with E-state index in [1.165, 1.54) is 6.07 Å². The number of carbonyl (C=O) groups excluding carboxylic acids is 1. The molecule has 0 aliphatic carbocycles. The van der Waals surface area contributed by atoms with E-state index in [9.17, 15) is 13.2 Å². The van der Waals surface area contributed by atoms with Crippen LogP contribution in [0.2, 0.25) is 0 Å². The molecule has 2 heterocycles. The number of primary sulfonamides is 1. The molecule has 0 radical (unpaired) electrons.